The summed E-state index contributed by atoms with van der Waals surface area (Å²) in [5, 5.41) is 0. The van der Waals surface area contributed by atoms with Gasteiger partial charge < -0.3 is 9.16 Å². The van der Waals surface area contributed by atoms with Gasteiger partial charge in [-0.3, -0.25) is 0 Å². The molecule has 17 heavy (non-hydrogen) atoms. The van der Waals surface area contributed by atoms with Crippen LogP contribution in [0.3, 0.4) is 0 Å². The Labute approximate surface area is 107 Å². The first-order valence-electron chi connectivity index (χ1n) is 6.39. The zero-order valence-electron chi connectivity index (χ0n) is 10.3. The Morgan fingerprint density at radius 1 is 1.18 bits per heavy atom. The van der Waals surface area contributed by atoms with E-state index in [-0.39, 0.29) is 6.29 Å². The summed E-state index contributed by atoms with van der Waals surface area (Å²) in [6.45, 7) is 1.88. The molecule has 0 saturated heterocycles. The molecule has 0 N–H and O–H groups in total. The van der Waals surface area contributed by atoms with E-state index in [1.165, 1.54) is 37.7 Å². The quantitative estimate of drug-likeness (QED) is 0.598. The summed E-state index contributed by atoms with van der Waals surface area (Å²) in [5.74, 6) is 1.62. The summed E-state index contributed by atoms with van der Waals surface area (Å²) in [5.41, 5.74) is 1.34. The third kappa shape index (κ3) is 3.33. The molecule has 0 aromatic heterocycles. The van der Waals surface area contributed by atoms with Gasteiger partial charge >= 0.3 is 0 Å². The molecule has 2 nitrogen and oxygen atoms in total. The molecule has 1 aliphatic carbocycles. The van der Waals surface area contributed by atoms with E-state index in [2.05, 4.69) is 22.6 Å². The highest BCUT2D eigenvalue weighted by Gasteiger charge is 2.19. The van der Waals surface area contributed by atoms with Gasteiger partial charge in [0.2, 0.25) is 0 Å². The van der Waals surface area contributed by atoms with Crippen LogP contribution in [0.4, 0.5) is 0 Å². The van der Waals surface area contributed by atoms with Crippen molar-refractivity contribution in [1.82, 2.24) is 0 Å². The van der Waals surface area contributed by atoms with Crippen LogP contribution in [0.2, 0.25) is 0 Å². The minimum atomic E-state index is -0.267. The van der Waals surface area contributed by atoms with Crippen LogP contribution < -0.4 is 4.74 Å². The largest absolute Gasteiger partial charge is 0.466 e. The van der Waals surface area contributed by atoms with Crippen molar-refractivity contribution in [3.05, 3.63) is 29.8 Å². The van der Waals surface area contributed by atoms with Gasteiger partial charge in [0.05, 0.1) is 0 Å². The van der Waals surface area contributed by atoms with Gasteiger partial charge in [0.25, 0.3) is 10.5 Å². The average Bonchev–Trinajstić information content (AvgIpc) is 2.40. The Morgan fingerprint density at radius 2 is 1.88 bits per heavy atom. The first kappa shape index (κ1) is 12.6. The predicted octanol–water partition coefficient (Wildman–Crippen LogP) is 3.56. The van der Waals surface area contributed by atoms with Gasteiger partial charge in [-0.15, -0.1) is 0 Å². The highest BCUT2D eigenvalue weighted by molar-refractivity contribution is 5.98. The van der Waals surface area contributed by atoms with Crippen molar-refractivity contribution in [2.45, 2.75) is 51.2 Å². The molecule has 1 aromatic carbocycles. The molecule has 1 fully saturated rings. The number of hydrogen-bond acceptors (Lipinski definition) is 2. The SMILES string of the molecule is CC(O[Si])Oc1ccccc1C1CCCCC1. The van der Waals surface area contributed by atoms with Crippen molar-refractivity contribution < 1.29 is 9.16 Å². The summed E-state index contributed by atoms with van der Waals surface area (Å²) in [6, 6.07) is 8.33. The maximum absolute atomic E-state index is 5.78. The van der Waals surface area contributed by atoms with E-state index < -0.39 is 0 Å². The lowest BCUT2D eigenvalue weighted by molar-refractivity contribution is 0.0283. The third-order valence-electron chi connectivity index (χ3n) is 3.42. The Kier molecular flexibility index (Phi) is 4.63. The van der Waals surface area contributed by atoms with Crippen molar-refractivity contribution in [2.75, 3.05) is 0 Å². The molecule has 2 rings (SSSR count). The maximum atomic E-state index is 5.78. The van der Waals surface area contributed by atoms with Crippen molar-refractivity contribution >= 4 is 10.5 Å². The molecular weight excluding hydrogens is 228 g/mol. The molecule has 1 atom stereocenters. The third-order valence-corrected chi connectivity index (χ3v) is 3.75. The lowest BCUT2D eigenvalue weighted by Gasteiger charge is -2.25. The van der Waals surface area contributed by atoms with Crippen LogP contribution in [-0.2, 0) is 4.43 Å². The zero-order valence-corrected chi connectivity index (χ0v) is 11.3. The molecule has 0 heterocycles. The number of hydrogen-bond donors (Lipinski definition) is 0. The van der Waals surface area contributed by atoms with Gasteiger partial charge in [0.15, 0.2) is 6.29 Å². The van der Waals surface area contributed by atoms with Crippen molar-refractivity contribution in [3.8, 4) is 5.75 Å². The van der Waals surface area contributed by atoms with Gasteiger partial charge in [-0.1, -0.05) is 37.5 Å². The van der Waals surface area contributed by atoms with Gasteiger partial charge in [-0.05, 0) is 37.3 Å². The fourth-order valence-electron chi connectivity index (χ4n) is 2.54. The molecular formula is C14H19O2Si. The zero-order chi connectivity index (χ0) is 12.1. The molecule has 0 bridgehead atoms. The van der Waals surface area contributed by atoms with Crippen LogP contribution in [0.5, 0.6) is 5.75 Å². The molecule has 0 amide bonds. The minimum absolute atomic E-state index is 0.267. The lowest BCUT2D eigenvalue weighted by atomic mass is 9.84. The molecule has 0 aliphatic heterocycles. The summed E-state index contributed by atoms with van der Waals surface area (Å²) in [6.07, 6.45) is 6.34. The van der Waals surface area contributed by atoms with E-state index in [0.29, 0.717) is 5.92 Å². The van der Waals surface area contributed by atoms with Crippen LogP contribution >= 0.6 is 0 Å². The normalized spacial score (nSPS) is 18.9. The maximum Gasteiger partial charge on any atom is 0.251 e. The number of rotatable bonds is 4. The summed E-state index contributed by atoms with van der Waals surface area (Å²) >= 11 is 0. The first-order chi connectivity index (χ1) is 8.31. The summed E-state index contributed by atoms with van der Waals surface area (Å²) in [4.78, 5) is 0. The molecule has 1 aromatic rings. The molecule has 3 radical (unpaired) electrons. The molecule has 0 spiro atoms. The van der Waals surface area contributed by atoms with E-state index in [0.717, 1.165) is 5.75 Å². The van der Waals surface area contributed by atoms with E-state index in [9.17, 15) is 0 Å². The number of para-hydroxylation sites is 1. The average molecular weight is 247 g/mol. The second-order valence-corrected chi connectivity index (χ2v) is 4.91. The van der Waals surface area contributed by atoms with Crippen LogP contribution in [0.15, 0.2) is 24.3 Å². The Balaban J connectivity index is 2.14. The second kappa shape index (κ2) is 6.22. The van der Waals surface area contributed by atoms with Crippen LogP contribution in [0.1, 0.15) is 50.5 Å². The van der Waals surface area contributed by atoms with E-state index in [1.54, 1.807) is 0 Å². The fourth-order valence-corrected chi connectivity index (χ4v) is 2.59. The van der Waals surface area contributed by atoms with Gasteiger partial charge in [-0.2, -0.15) is 0 Å². The topological polar surface area (TPSA) is 18.5 Å². The van der Waals surface area contributed by atoms with Crippen LogP contribution in [-0.4, -0.2) is 16.8 Å². The van der Waals surface area contributed by atoms with Crippen LogP contribution in [0.25, 0.3) is 0 Å². The second-order valence-electron chi connectivity index (χ2n) is 4.68. The smallest absolute Gasteiger partial charge is 0.251 e. The van der Waals surface area contributed by atoms with Crippen LogP contribution in [0, 0.1) is 0 Å². The van der Waals surface area contributed by atoms with Gasteiger partial charge in [0, 0.05) is 0 Å². The molecule has 3 heteroatoms. The van der Waals surface area contributed by atoms with E-state index >= 15 is 0 Å². The van der Waals surface area contributed by atoms with E-state index in [1.807, 2.05) is 19.1 Å². The summed E-state index contributed by atoms with van der Waals surface area (Å²) in [7, 11) is 3.02. The first-order valence-corrected chi connectivity index (χ1v) is 6.80. The molecule has 91 valence electrons. The monoisotopic (exact) mass is 247 g/mol. The lowest BCUT2D eigenvalue weighted by Crippen LogP contribution is -2.16. The molecule has 1 unspecified atom stereocenters. The van der Waals surface area contributed by atoms with Gasteiger partial charge in [-0.25, -0.2) is 0 Å². The Bertz CT molecular complexity index is 348. The summed E-state index contributed by atoms with van der Waals surface area (Å²) < 4.78 is 10.8. The Hall–Kier alpha value is -0.803. The number of benzene rings is 1. The standard InChI is InChI=1S/C14H19O2Si/c1-11(16-17)15-14-10-6-5-9-13(14)12-7-3-2-4-8-12/h5-6,9-12H,2-4,7-8H2,1H3. The molecule has 1 aliphatic rings. The van der Waals surface area contributed by atoms with Crippen molar-refractivity contribution in [2.24, 2.45) is 0 Å². The fraction of sp³-hybridized carbons (Fsp3) is 0.571. The predicted molar refractivity (Wildman–Crippen MR) is 69.2 cm³/mol. The van der Waals surface area contributed by atoms with Gasteiger partial charge in [0.1, 0.15) is 5.75 Å². The highest BCUT2D eigenvalue weighted by atomic mass is 28.2. The number of ether oxygens (including phenoxy) is 1. The Morgan fingerprint density at radius 3 is 2.59 bits per heavy atom. The van der Waals surface area contributed by atoms with Crippen molar-refractivity contribution in [3.63, 3.8) is 0 Å². The highest BCUT2D eigenvalue weighted by Crippen LogP contribution is 2.37. The van der Waals surface area contributed by atoms with Crippen molar-refractivity contribution in [1.29, 1.82) is 0 Å². The van der Waals surface area contributed by atoms with E-state index in [4.69, 9.17) is 9.16 Å². The minimum Gasteiger partial charge on any atom is -0.466 e. The molecule has 1 saturated carbocycles.